The third-order valence-electron chi connectivity index (χ3n) is 7.87. The molecular formula is C28H36ClN7O3. The zero-order valence-electron chi connectivity index (χ0n) is 23.2. The molecule has 5 rings (SSSR count). The molecule has 11 heteroatoms. The Bertz CT molecular complexity index is 1470. The van der Waals surface area contributed by atoms with Gasteiger partial charge in [-0.3, -0.25) is 4.98 Å². The van der Waals surface area contributed by atoms with E-state index in [4.69, 9.17) is 16.6 Å². The van der Waals surface area contributed by atoms with Gasteiger partial charge in [0.05, 0.1) is 21.8 Å². The van der Waals surface area contributed by atoms with E-state index in [2.05, 4.69) is 28.7 Å². The second-order valence-electron chi connectivity index (χ2n) is 11.1. The van der Waals surface area contributed by atoms with Crippen molar-refractivity contribution in [1.29, 1.82) is 0 Å². The number of anilines is 2. The van der Waals surface area contributed by atoms with Gasteiger partial charge in [-0.2, -0.15) is 4.98 Å². The van der Waals surface area contributed by atoms with Crippen molar-refractivity contribution in [3.05, 3.63) is 45.1 Å². The Morgan fingerprint density at radius 2 is 1.79 bits per heavy atom. The highest BCUT2D eigenvalue weighted by Crippen LogP contribution is 2.36. The van der Waals surface area contributed by atoms with Crippen LogP contribution in [0.5, 0.6) is 0 Å². The number of aryl methyl sites for hydroxylation is 1. The lowest BCUT2D eigenvalue weighted by atomic mass is 10.0. The molecule has 208 valence electrons. The summed E-state index contributed by atoms with van der Waals surface area (Å²) in [5.74, 6) is 1.21. The van der Waals surface area contributed by atoms with Crippen LogP contribution in [-0.4, -0.2) is 73.9 Å². The topological polar surface area (TPSA) is 108 Å². The van der Waals surface area contributed by atoms with Gasteiger partial charge >= 0.3 is 11.8 Å². The number of fused-ring (bicyclic) bond motifs is 1. The number of amides is 1. The lowest BCUT2D eigenvalue weighted by Gasteiger charge is -2.43. The quantitative estimate of drug-likeness (QED) is 0.489. The number of aromatic nitrogens is 4. The largest absolute Gasteiger partial charge is 0.465 e. The van der Waals surface area contributed by atoms with Gasteiger partial charge in [0.2, 0.25) is 0 Å². The number of hydrogen-bond acceptors (Lipinski definition) is 7. The molecule has 2 atom stereocenters. The van der Waals surface area contributed by atoms with Crippen molar-refractivity contribution in [2.45, 2.75) is 71.9 Å². The van der Waals surface area contributed by atoms with Crippen LogP contribution in [0.2, 0.25) is 5.02 Å². The average Bonchev–Trinajstić information content (AvgIpc) is 2.90. The van der Waals surface area contributed by atoms with Crippen LogP contribution in [0.1, 0.15) is 64.1 Å². The Hall–Kier alpha value is -3.40. The normalized spacial score (nSPS) is 20.2. The highest BCUT2D eigenvalue weighted by Gasteiger charge is 2.35. The van der Waals surface area contributed by atoms with Crippen LogP contribution in [0.15, 0.2) is 23.1 Å². The van der Waals surface area contributed by atoms with E-state index in [-0.39, 0.29) is 18.0 Å². The van der Waals surface area contributed by atoms with Crippen LogP contribution >= 0.6 is 11.6 Å². The SMILES string of the molecule is Cc1ccnc(C(C)C)c1-n1c(=O)nc(N2C[C@@H](C)N(C(=O)O)C[C@@H]2C)c2cc(Cl)c(N3CCCCC3)nc21. The third-order valence-corrected chi connectivity index (χ3v) is 8.15. The predicted molar refractivity (Wildman–Crippen MR) is 154 cm³/mol. The molecule has 0 aromatic carbocycles. The van der Waals surface area contributed by atoms with Gasteiger partial charge < -0.3 is 19.8 Å². The van der Waals surface area contributed by atoms with Gasteiger partial charge in [-0.05, 0) is 63.6 Å². The van der Waals surface area contributed by atoms with Gasteiger partial charge in [-0.1, -0.05) is 25.4 Å². The van der Waals surface area contributed by atoms with E-state index in [0.29, 0.717) is 46.5 Å². The molecule has 39 heavy (non-hydrogen) atoms. The molecule has 2 aliphatic rings. The molecule has 2 aliphatic heterocycles. The van der Waals surface area contributed by atoms with Gasteiger partial charge in [0, 0.05) is 44.5 Å². The Labute approximate surface area is 233 Å². The molecule has 0 saturated carbocycles. The molecule has 10 nitrogen and oxygen atoms in total. The van der Waals surface area contributed by atoms with E-state index in [1.165, 1.54) is 11.3 Å². The first-order valence-electron chi connectivity index (χ1n) is 13.7. The molecule has 1 N–H and O–H groups in total. The predicted octanol–water partition coefficient (Wildman–Crippen LogP) is 4.83. The fourth-order valence-electron chi connectivity index (χ4n) is 5.82. The summed E-state index contributed by atoms with van der Waals surface area (Å²) in [6.07, 6.45) is 4.11. The summed E-state index contributed by atoms with van der Waals surface area (Å²) >= 11 is 6.89. The monoisotopic (exact) mass is 553 g/mol. The van der Waals surface area contributed by atoms with E-state index < -0.39 is 11.8 Å². The number of halogens is 1. The summed E-state index contributed by atoms with van der Waals surface area (Å²) in [6.45, 7) is 12.3. The maximum atomic E-state index is 14.0. The first-order valence-corrected chi connectivity index (χ1v) is 14.1. The minimum Gasteiger partial charge on any atom is -0.465 e. The number of rotatable bonds is 4. The maximum absolute atomic E-state index is 14.0. The van der Waals surface area contributed by atoms with Gasteiger partial charge in [-0.15, -0.1) is 0 Å². The van der Waals surface area contributed by atoms with Crippen LogP contribution in [0.25, 0.3) is 16.7 Å². The van der Waals surface area contributed by atoms with Gasteiger partial charge in [0.15, 0.2) is 5.65 Å². The van der Waals surface area contributed by atoms with Gasteiger partial charge in [0.1, 0.15) is 11.6 Å². The van der Waals surface area contributed by atoms with Gasteiger partial charge in [-0.25, -0.2) is 19.1 Å². The highest BCUT2D eigenvalue weighted by molar-refractivity contribution is 6.33. The minimum absolute atomic E-state index is 0.0698. The van der Waals surface area contributed by atoms with Crippen LogP contribution in [0, 0.1) is 6.92 Å². The van der Waals surface area contributed by atoms with Crippen molar-refractivity contribution >= 4 is 40.4 Å². The maximum Gasteiger partial charge on any atom is 0.407 e. The molecule has 0 aliphatic carbocycles. The Kier molecular flexibility index (Phi) is 7.41. The number of hydrogen-bond donors (Lipinski definition) is 1. The zero-order valence-corrected chi connectivity index (χ0v) is 23.9. The molecular weight excluding hydrogens is 518 g/mol. The number of piperidine rings is 1. The fourth-order valence-corrected chi connectivity index (χ4v) is 6.09. The Balaban J connectivity index is 1.78. The Morgan fingerprint density at radius 1 is 1.08 bits per heavy atom. The van der Waals surface area contributed by atoms with Crippen molar-refractivity contribution in [3.8, 4) is 5.69 Å². The Morgan fingerprint density at radius 3 is 2.46 bits per heavy atom. The molecule has 3 aromatic rings. The molecule has 0 bridgehead atoms. The van der Waals surface area contributed by atoms with Gasteiger partial charge in [0.25, 0.3) is 0 Å². The third kappa shape index (κ3) is 4.90. The van der Waals surface area contributed by atoms with E-state index in [1.807, 2.05) is 37.8 Å². The first kappa shape index (κ1) is 27.2. The van der Waals surface area contributed by atoms with E-state index >= 15 is 0 Å². The molecule has 5 heterocycles. The summed E-state index contributed by atoms with van der Waals surface area (Å²) in [4.78, 5) is 45.7. The first-order chi connectivity index (χ1) is 18.6. The van der Waals surface area contributed by atoms with Crippen LogP contribution < -0.4 is 15.5 Å². The molecule has 1 amide bonds. The molecule has 0 spiro atoms. The van der Waals surface area contributed by atoms with E-state index in [9.17, 15) is 14.7 Å². The lowest BCUT2D eigenvalue weighted by Crippen LogP contribution is -2.58. The molecule has 3 aromatic heterocycles. The van der Waals surface area contributed by atoms with Crippen molar-refractivity contribution in [3.63, 3.8) is 0 Å². The van der Waals surface area contributed by atoms with E-state index in [0.717, 1.165) is 37.2 Å². The van der Waals surface area contributed by atoms with Crippen LogP contribution in [-0.2, 0) is 0 Å². The minimum atomic E-state index is -0.952. The highest BCUT2D eigenvalue weighted by atomic mass is 35.5. The zero-order chi connectivity index (χ0) is 28.0. The molecule has 2 fully saturated rings. The molecule has 2 saturated heterocycles. The van der Waals surface area contributed by atoms with Crippen LogP contribution in [0.4, 0.5) is 16.4 Å². The molecule has 0 radical (unpaired) electrons. The standard InChI is InChI=1S/C28H36ClN7O3/c1-16(2)22-23(17(3)9-10-30-22)36-25-20(13-21(29)26(31-25)33-11-7-6-8-12-33)24(32-27(36)37)34-14-19(5)35(28(38)39)15-18(34)4/h9-10,13,16,18-19H,6-8,11-12,14-15H2,1-5H3,(H,38,39)/t18-,19+/m0/s1. The smallest absolute Gasteiger partial charge is 0.407 e. The lowest BCUT2D eigenvalue weighted by molar-refractivity contribution is 0.114. The van der Waals surface area contributed by atoms with Crippen LogP contribution in [0.3, 0.4) is 0 Å². The van der Waals surface area contributed by atoms with Crippen molar-refractivity contribution < 1.29 is 9.90 Å². The van der Waals surface area contributed by atoms with Crippen molar-refractivity contribution in [1.82, 2.24) is 24.4 Å². The number of nitrogens with zero attached hydrogens (tertiary/aromatic N) is 7. The van der Waals surface area contributed by atoms with E-state index in [1.54, 1.807) is 10.8 Å². The summed E-state index contributed by atoms with van der Waals surface area (Å²) < 4.78 is 1.59. The fraction of sp³-hybridized carbons (Fsp3) is 0.536. The second-order valence-corrected chi connectivity index (χ2v) is 11.5. The molecule has 0 unspecified atom stereocenters. The van der Waals surface area contributed by atoms with Crippen molar-refractivity contribution in [2.75, 3.05) is 36.0 Å². The number of pyridine rings is 2. The van der Waals surface area contributed by atoms with Crippen molar-refractivity contribution in [2.24, 2.45) is 0 Å². The summed E-state index contributed by atoms with van der Waals surface area (Å²) in [7, 11) is 0. The summed E-state index contributed by atoms with van der Waals surface area (Å²) in [6, 6.07) is 3.29. The second kappa shape index (κ2) is 10.6. The summed E-state index contributed by atoms with van der Waals surface area (Å²) in [5.41, 5.74) is 2.42. The summed E-state index contributed by atoms with van der Waals surface area (Å²) in [5, 5.41) is 10.8. The number of piperazine rings is 1. The number of carbonyl (C=O) groups is 1. The average molecular weight is 554 g/mol. The number of carboxylic acid groups (broad SMARTS) is 1.